The van der Waals surface area contributed by atoms with Crippen molar-refractivity contribution in [2.45, 2.75) is 44.9 Å². The first-order chi connectivity index (χ1) is 9.15. The lowest BCUT2D eigenvalue weighted by Gasteiger charge is -2.12. The predicted molar refractivity (Wildman–Crippen MR) is 85.7 cm³/mol. The van der Waals surface area contributed by atoms with Gasteiger partial charge in [-0.05, 0) is 37.3 Å². The fraction of sp³-hybridized carbons (Fsp3) is 0.533. The van der Waals surface area contributed by atoms with Crippen LogP contribution in [0.3, 0.4) is 0 Å². The Balaban J connectivity index is 2.34. The number of hydrogen-bond donors (Lipinski definition) is 1. The Morgan fingerprint density at radius 3 is 2.89 bits per heavy atom. The van der Waals surface area contributed by atoms with Crippen molar-refractivity contribution in [3.05, 3.63) is 24.0 Å². The van der Waals surface area contributed by atoms with Crippen LogP contribution < -0.4 is 5.73 Å². The monoisotopic (exact) mass is 277 g/mol. The van der Waals surface area contributed by atoms with Crippen LogP contribution in [0.15, 0.2) is 18.2 Å². The largest absolute Gasteiger partial charge is 0.399 e. The summed E-state index contributed by atoms with van der Waals surface area (Å²) in [5.74, 6) is 1.19. The fourth-order valence-corrected chi connectivity index (χ4v) is 2.63. The minimum absolute atomic E-state index is 0.681. The third-order valence-corrected chi connectivity index (χ3v) is 4.53. The summed E-state index contributed by atoms with van der Waals surface area (Å²) in [7, 11) is 0. The highest BCUT2D eigenvalue weighted by Crippen LogP contribution is 2.22. The molecule has 1 aromatic heterocycles. The molecule has 0 spiro atoms. The van der Waals surface area contributed by atoms with Gasteiger partial charge in [-0.3, -0.25) is 0 Å². The van der Waals surface area contributed by atoms with Gasteiger partial charge in [-0.1, -0.05) is 13.8 Å². The molecule has 0 saturated heterocycles. The van der Waals surface area contributed by atoms with E-state index < -0.39 is 0 Å². The number of benzene rings is 1. The molecule has 0 aliphatic heterocycles. The molecule has 19 heavy (non-hydrogen) atoms. The van der Waals surface area contributed by atoms with Gasteiger partial charge in [0.05, 0.1) is 11.0 Å². The molecular formula is C15H23N3S. The van der Waals surface area contributed by atoms with Crippen molar-refractivity contribution in [2.75, 3.05) is 12.0 Å². The number of nitrogens with zero attached hydrogens (tertiary/aromatic N) is 2. The smallest absolute Gasteiger partial charge is 0.109 e. The predicted octanol–water partition coefficient (Wildman–Crippen LogP) is 3.71. The van der Waals surface area contributed by atoms with Gasteiger partial charge in [0.15, 0.2) is 0 Å². The number of aryl methyl sites for hydroxylation is 2. The van der Waals surface area contributed by atoms with Gasteiger partial charge >= 0.3 is 0 Å². The molecule has 0 saturated carbocycles. The van der Waals surface area contributed by atoms with E-state index in [2.05, 4.69) is 30.7 Å². The second-order valence-corrected chi connectivity index (χ2v) is 6.29. The molecule has 2 N–H and O–H groups in total. The molecule has 0 bridgehead atoms. The average molecular weight is 277 g/mol. The van der Waals surface area contributed by atoms with Gasteiger partial charge in [-0.15, -0.1) is 0 Å². The van der Waals surface area contributed by atoms with Crippen LogP contribution in [0.5, 0.6) is 0 Å². The molecule has 1 atom stereocenters. The summed E-state index contributed by atoms with van der Waals surface area (Å²) >= 11 is 1.92. The van der Waals surface area contributed by atoms with Crippen molar-refractivity contribution in [1.82, 2.24) is 9.55 Å². The molecule has 3 nitrogen and oxygen atoms in total. The number of thioether (sulfide) groups is 1. The molecule has 1 unspecified atom stereocenters. The molecule has 2 rings (SSSR count). The van der Waals surface area contributed by atoms with Crippen molar-refractivity contribution in [2.24, 2.45) is 0 Å². The van der Waals surface area contributed by atoms with Crippen LogP contribution in [0.25, 0.3) is 11.0 Å². The zero-order valence-corrected chi connectivity index (χ0v) is 12.8. The molecule has 104 valence electrons. The third kappa shape index (κ3) is 3.24. The zero-order valence-electron chi connectivity index (χ0n) is 12.0. The number of anilines is 1. The first kappa shape index (κ1) is 14.3. The number of rotatable bonds is 6. The van der Waals surface area contributed by atoms with Gasteiger partial charge in [0.25, 0.3) is 0 Å². The maximum Gasteiger partial charge on any atom is 0.109 e. The second-order valence-electron chi connectivity index (χ2n) is 5.01. The van der Waals surface area contributed by atoms with Crippen LogP contribution in [-0.2, 0) is 13.0 Å². The Morgan fingerprint density at radius 2 is 2.21 bits per heavy atom. The highest BCUT2D eigenvalue weighted by atomic mass is 32.2. The molecule has 1 aromatic carbocycles. The van der Waals surface area contributed by atoms with Crippen molar-refractivity contribution in [1.29, 1.82) is 0 Å². The summed E-state index contributed by atoms with van der Waals surface area (Å²) in [6.07, 6.45) is 5.50. The Labute approximate surface area is 119 Å². The van der Waals surface area contributed by atoms with Gasteiger partial charge in [-0.2, -0.15) is 11.8 Å². The lowest BCUT2D eigenvalue weighted by Crippen LogP contribution is -2.08. The Hall–Kier alpha value is -1.16. The van der Waals surface area contributed by atoms with Crippen molar-refractivity contribution in [3.63, 3.8) is 0 Å². The maximum atomic E-state index is 5.85. The molecule has 0 fully saturated rings. The Kier molecular flexibility index (Phi) is 4.75. The van der Waals surface area contributed by atoms with E-state index in [1.807, 2.05) is 23.9 Å². The summed E-state index contributed by atoms with van der Waals surface area (Å²) in [6.45, 7) is 5.52. The number of fused-ring (bicyclic) bond motifs is 1. The van der Waals surface area contributed by atoms with Gasteiger partial charge in [0.2, 0.25) is 0 Å². The van der Waals surface area contributed by atoms with Gasteiger partial charge in [0, 0.05) is 23.9 Å². The summed E-state index contributed by atoms with van der Waals surface area (Å²) in [6, 6.07) is 6.04. The first-order valence-electron chi connectivity index (χ1n) is 6.93. The average Bonchev–Trinajstić information content (AvgIpc) is 2.73. The van der Waals surface area contributed by atoms with E-state index in [9.17, 15) is 0 Å². The number of imidazole rings is 1. The zero-order chi connectivity index (χ0) is 13.8. The van der Waals surface area contributed by atoms with Crippen LogP contribution in [0.4, 0.5) is 5.69 Å². The minimum Gasteiger partial charge on any atom is -0.399 e. The van der Waals surface area contributed by atoms with Gasteiger partial charge < -0.3 is 10.3 Å². The molecule has 0 aliphatic carbocycles. The molecule has 0 radical (unpaired) electrons. The summed E-state index contributed by atoms with van der Waals surface area (Å²) in [4.78, 5) is 4.74. The van der Waals surface area contributed by atoms with E-state index in [4.69, 9.17) is 10.7 Å². The van der Waals surface area contributed by atoms with E-state index in [0.717, 1.165) is 30.6 Å². The highest BCUT2D eigenvalue weighted by molar-refractivity contribution is 7.99. The van der Waals surface area contributed by atoms with E-state index in [1.165, 1.54) is 17.8 Å². The number of nitrogen functional groups attached to an aromatic ring is 1. The highest BCUT2D eigenvalue weighted by Gasteiger charge is 2.11. The van der Waals surface area contributed by atoms with E-state index in [-0.39, 0.29) is 0 Å². The van der Waals surface area contributed by atoms with Gasteiger partial charge in [0.1, 0.15) is 5.82 Å². The lowest BCUT2D eigenvalue weighted by atomic mass is 10.2. The number of hydrogen-bond acceptors (Lipinski definition) is 3. The lowest BCUT2D eigenvalue weighted by molar-refractivity contribution is 0.618. The molecular weight excluding hydrogens is 254 g/mol. The molecule has 4 heteroatoms. The van der Waals surface area contributed by atoms with Crippen LogP contribution in [0.2, 0.25) is 0 Å². The maximum absolute atomic E-state index is 5.85. The second kappa shape index (κ2) is 6.33. The quantitative estimate of drug-likeness (QED) is 0.819. The van der Waals surface area contributed by atoms with Crippen molar-refractivity contribution in [3.8, 4) is 0 Å². The topological polar surface area (TPSA) is 43.8 Å². The van der Waals surface area contributed by atoms with Gasteiger partial charge in [-0.25, -0.2) is 4.98 Å². The third-order valence-electron chi connectivity index (χ3n) is 3.49. The Morgan fingerprint density at radius 1 is 1.42 bits per heavy atom. The minimum atomic E-state index is 0.681. The summed E-state index contributed by atoms with van der Waals surface area (Å²) in [5.41, 5.74) is 8.88. The number of aromatic nitrogens is 2. The van der Waals surface area contributed by atoms with Crippen molar-refractivity contribution < 1.29 is 0 Å². The van der Waals surface area contributed by atoms with E-state index in [1.54, 1.807) is 0 Å². The van der Waals surface area contributed by atoms with Crippen LogP contribution in [0.1, 0.15) is 32.5 Å². The van der Waals surface area contributed by atoms with E-state index >= 15 is 0 Å². The molecule has 1 heterocycles. The van der Waals surface area contributed by atoms with Crippen LogP contribution in [-0.4, -0.2) is 21.1 Å². The molecule has 0 aliphatic rings. The summed E-state index contributed by atoms with van der Waals surface area (Å²) in [5, 5.41) is 0.681. The number of nitrogens with two attached hydrogens (primary N) is 1. The first-order valence-corrected chi connectivity index (χ1v) is 8.22. The normalized spacial score (nSPS) is 13.0. The van der Waals surface area contributed by atoms with Crippen LogP contribution >= 0.6 is 11.8 Å². The van der Waals surface area contributed by atoms with Crippen molar-refractivity contribution >= 4 is 28.5 Å². The molecule has 0 amide bonds. The standard InChI is InChI=1S/C15H23N3S/c1-4-5-15-17-13-10-12(16)6-7-14(13)18(15)9-8-11(2)19-3/h6-7,10-11H,4-5,8-9,16H2,1-3H3. The van der Waals surface area contributed by atoms with E-state index in [0.29, 0.717) is 5.25 Å². The fourth-order valence-electron chi connectivity index (χ4n) is 2.29. The molecule has 2 aromatic rings. The Bertz CT molecular complexity index is 548. The summed E-state index contributed by atoms with van der Waals surface area (Å²) < 4.78 is 2.37. The van der Waals surface area contributed by atoms with Crippen LogP contribution in [0, 0.1) is 0 Å². The SMILES string of the molecule is CCCc1nc2cc(N)ccc2n1CCC(C)SC.